The molecule has 200 valence electrons. The molecule has 0 bridgehead atoms. The van der Waals surface area contributed by atoms with Gasteiger partial charge in [-0.15, -0.1) is 0 Å². The number of nitrogens with zero attached hydrogens (tertiary/aromatic N) is 6. The normalized spacial score (nSPS) is 17.1. The van der Waals surface area contributed by atoms with Crippen molar-refractivity contribution in [3.63, 3.8) is 0 Å². The number of aromatic nitrogens is 4. The highest BCUT2D eigenvalue weighted by Gasteiger charge is 2.24. The first-order valence-electron chi connectivity index (χ1n) is 13.4. The van der Waals surface area contributed by atoms with E-state index in [2.05, 4.69) is 95.9 Å². The Kier molecular flexibility index (Phi) is 7.76. The lowest BCUT2D eigenvalue weighted by Gasteiger charge is -2.38. The van der Waals surface area contributed by atoms with E-state index in [9.17, 15) is 0 Å². The molecule has 0 aliphatic carbocycles. The number of hydrogen-bond donors (Lipinski definition) is 2. The summed E-state index contributed by atoms with van der Waals surface area (Å²) in [5.41, 5.74) is 4.54. The average Bonchev–Trinajstić information content (AvgIpc) is 3.54. The number of H-pyrrole nitrogens is 1. The maximum Gasteiger partial charge on any atom is 0.161 e. The summed E-state index contributed by atoms with van der Waals surface area (Å²) in [5.74, 6) is 1.86. The number of aromatic amines is 1. The number of benzene rings is 1. The molecular formula is C27H39BrN8O. The van der Waals surface area contributed by atoms with Crippen molar-refractivity contribution in [3.05, 3.63) is 28.6 Å². The predicted octanol–water partition coefficient (Wildman–Crippen LogP) is 4.68. The third kappa shape index (κ3) is 6.12. The third-order valence-corrected chi connectivity index (χ3v) is 7.76. The highest BCUT2D eigenvalue weighted by atomic mass is 79.9. The van der Waals surface area contributed by atoms with E-state index in [4.69, 9.17) is 4.74 Å². The fourth-order valence-electron chi connectivity index (χ4n) is 5.13. The molecule has 5 rings (SSSR count). The van der Waals surface area contributed by atoms with Gasteiger partial charge in [-0.3, -0.25) is 5.10 Å². The molecule has 3 aromatic rings. The van der Waals surface area contributed by atoms with Gasteiger partial charge in [-0.05, 0) is 59.8 Å². The highest BCUT2D eigenvalue weighted by molar-refractivity contribution is 9.10. The summed E-state index contributed by atoms with van der Waals surface area (Å²) in [7, 11) is 0. The van der Waals surface area contributed by atoms with Gasteiger partial charge >= 0.3 is 0 Å². The second-order valence-electron chi connectivity index (χ2n) is 11.3. The Morgan fingerprint density at radius 3 is 2.49 bits per heavy atom. The maximum atomic E-state index is 6.30. The number of hydrogen-bond acceptors (Lipinski definition) is 8. The summed E-state index contributed by atoms with van der Waals surface area (Å²) in [6, 6.07) is 4.40. The lowest BCUT2D eigenvalue weighted by atomic mass is 9.98. The van der Waals surface area contributed by atoms with E-state index in [-0.39, 0.29) is 5.41 Å². The SMILES string of the molecule is Cc1c(NCCN2CCCC2)cc(OCC(C)(C)C)cc1N1CCN(c2ncnc3[nH]nc(Br)c23)CC1. The molecule has 2 aliphatic rings. The molecule has 2 aromatic heterocycles. The van der Waals surface area contributed by atoms with E-state index in [1.54, 1.807) is 6.33 Å². The molecule has 0 amide bonds. The summed E-state index contributed by atoms with van der Waals surface area (Å²) in [6.07, 6.45) is 4.25. The van der Waals surface area contributed by atoms with Crippen molar-refractivity contribution in [2.24, 2.45) is 5.41 Å². The highest BCUT2D eigenvalue weighted by Crippen LogP contribution is 2.35. The molecule has 4 heterocycles. The van der Waals surface area contributed by atoms with Crippen LogP contribution in [0.25, 0.3) is 11.0 Å². The molecule has 0 spiro atoms. The standard InChI is InChI=1S/C27H39BrN8O/c1-19-21(29-7-10-34-8-5-6-9-34)15-20(37-17-27(2,3)4)16-22(19)35-11-13-36(14-12-35)26-23-24(28)32-33-25(23)30-18-31-26/h15-16,18,29H,5-14,17H2,1-4H3,(H,30,31,32,33). The van der Waals surface area contributed by atoms with E-state index in [1.165, 1.54) is 42.9 Å². The number of halogens is 1. The predicted molar refractivity (Wildman–Crippen MR) is 154 cm³/mol. The van der Waals surface area contributed by atoms with Gasteiger partial charge in [-0.25, -0.2) is 9.97 Å². The van der Waals surface area contributed by atoms with E-state index < -0.39 is 0 Å². The van der Waals surface area contributed by atoms with Crippen LogP contribution in [0.2, 0.25) is 0 Å². The van der Waals surface area contributed by atoms with Crippen LogP contribution in [0.1, 0.15) is 39.2 Å². The Hall–Kier alpha value is -2.59. The maximum absolute atomic E-state index is 6.30. The number of anilines is 3. The minimum Gasteiger partial charge on any atom is -0.493 e. The second kappa shape index (κ2) is 11.0. The van der Waals surface area contributed by atoms with Crippen LogP contribution in [0.4, 0.5) is 17.2 Å². The van der Waals surface area contributed by atoms with Crippen molar-refractivity contribution in [3.8, 4) is 5.75 Å². The molecule has 0 atom stereocenters. The van der Waals surface area contributed by atoms with Crippen LogP contribution >= 0.6 is 15.9 Å². The largest absolute Gasteiger partial charge is 0.493 e. The quantitative estimate of drug-likeness (QED) is 0.403. The molecule has 2 aliphatic heterocycles. The second-order valence-corrected chi connectivity index (χ2v) is 12.1. The molecule has 10 heteroatoms. The lowest BCUT2D eigenvalue weighted by Crippen LogP contribution is -2.47. The zero-order valence-electron chi connectivity index (χ0n) is 22.5. The number of fused-ring (bicyclic) bond motifs is 1. The summed E-state index contributed by atoms with van der Waals surface area (Å²) < 4.78 is 7.05. The molecular weight excluding hydrogens is 532 g/mol. The molecule has 0 radical (unpaired) electrons. The first kappa shape index (κ1) is 26.0. The molecule has 2 fully saturated rings. The van der Waals surface area contributed by atoms with Crippen LogP contribution in [-0.4, -0.2) is 84.0 Å². The number of rotatable bonds is 8. The van der Waals surface area contributed by atoms with E-state index in [0.29, 0.717) is 6.61 Å². The Morgan fingerprint density at radius 1 is 1.03 bits per heavy atom. The van der Waals surface area contributed by atoms with Crippen molar-refractivity contribution in [1.29, 1.82) is 0 Å². The molecule has 2 N–H and O–H groups in total. The molecule has 2 saturated heterocycles. The summed E-state index contributed by atoms with van der Waals surface area (Å²) in [6.45, 7) is 17.5. The van der Waals surface area contributed by atoms with Gasteiger partial charge in [0, 0.05) is 62.8 Å². The van der Waals surface area contributed by atoms with Crippen molar-refractivity contribution in [1.82, 2.24) is 25.1 Å². The molecule has 0 saturated carbocycles. The average molecular weight is 572 g/mol. The van der Waals surface area contributed by atoms with Gasteiger partial charge in [0.2, 0.25) is 0 Å². The summed E-state index contributed by atoms with van der Waals surface area (Å²) >= 11 is 3.55. The van der Waals surface area contributed by atoms with Crippen molar-refractivity contribution >= 4 is 44.2 Å². The van der Waals surface area contributed by atoms with Crippen LogP contribution in [-0.2, 0) is 0 Å². The summed E-state index contributed by atoms with van der Waals surface area (Å²) in [5, 5.41) is 11.9. The topological polar surface area (TPSA) is 85.4 Å². The monoisotopic (exact) mass is 570 g/mol. The van der Waals surface area contributed by atoms with Gasteiger partial charge < -0.3 is 24.8 Å². The van der Waals surface area contributed by atoms with Gasteiger partial charge in [-0.2, -0.15) is 5.10 Å². The van der Waals surface area contributed by atoms with Crippen LogP contribution in [0.15, 0.2) is 23.1 Å². The Labute approximate surface area is 228 Å². The lowest BCUT2D eigenvalue weighted by molar-refractivity contribution is 0.198. The number of nitrogens with one attached hydrogen (secondary N) is 2. The zero-order chi connectivity index (χ0) is 26.0. The van der Waals surface area contributed by atoms with Gasteiger partial charge in [0.15, 0.2) is 5.65 Å². The molecule has 1 aromatic carbocycles. The van der Waals surface area contributed by atoms with Gasteiger partial charge in [0.05, 0.1) is 12.0 Å². The minimum atomic E-state index is 0.101. The first-order chi connectivity index (χ1) is 17.8. The first-order valence-corrected chi connectivity index (χ1v) is 14.2. The van der Waals surface area contributed by atoms with Crippen LogP contribution in [0, 0.1) is 12.3 Å². The van der Waals surface area contributed by atoms with Gasteiger partial charge in [0.25, 0.3) is 0 Å². The molecule has 37 heavy (non-hydrogen) atoms. The fraction of sp³-hybridized carbons (Fsp3) is 0.593. The van der Waals surface area contributed by atoms with Crippen LogP contribution in [0.5, 0.6) is 5.75 Å². The zero-order valence-corrected chi connectivity index (χ0v) is 24.1. The van der Waals surface area contributed by atoms with E-state index in [1.807, 2.05) is 0 Å². The van der Waals surface area contributed by atoms with Crippen LogP contribution in [0.3, 0.4) is 0 Å². The number of ether oxygens (including phenoxy) is 1. The van der Waals surface area contributed by atoms with E-state index in [0.717, 1.165) is 66.5 Å². The van der Waals surface area contributed by atoms with Crippen molar-refractivity contribution < 1.29 is 4.74 Å². The van der Waals surface area contributed by atoms with Crippen molar-refractivity contribution in [2.45, 2.75) is 40.5 Å². The van der Waals surface area contributed by atoms with Crippen molar-refractivity contribution in [2.75, 3.05) is 74.1 Å². The number of likely N-dealkylation sites (tertiary alicyclic amines) is 1. The van der Waals surface area contributed by atoms with E-state index >= 15 is 0 Å². The summed E-state index contributed by atoms with van der Waals surface area (Å²) in [4.78, 5) is 16.3. The van der Waals surface area contributed by atoms with Gasteiger partial charge in [-0.1, -0.05) is 20.8 Å². The van der Waals surface area contributed by atoms with Gasteiger partial charge in [0.1, 0.15) is 22.5 Å². The minimum absolute atomic E-state index is 0.101. The Bertz CT molecular complexity index is 1210. The fourth-order valence-corrected chi connectivity index (χ4v) is 5.58. The Balaban J connectivity index is 1.33. The van der Waals surface area contributed by atoms with Crippen LogP contribution < -0.4 is 19.9 Å². The Morgan fingerprint density at radius 2 is 1.76 bits per heavy atom. The smallest absolute Gasteiger partial charge is 0.161 e. The molecule has 0 unspecified atom stereocenters. The third-order valence-electron chi connectivity index (χ3n) is 7.18. The number of piperazine rings is 1. The molecule has 9 nitrogen and oxygen atoms in total.